The van der Waals surface area contributed by atoms with Crippen molar-refractivity contribution in [3.8, 4) is 0 Å². The number of fused-ring (bicyclic) bond motifs is 1. The van der Waals surface area contributed by atoms with Crippen LogP contribution in [0.1, 0.15) is 19.4 Å². The topological polar surface area (TPSA) is 30.9 Å². The maximum Gasteiger partial charge on any atom is 0.0664 e. The number of hydrogen-bond donors (Lipinski definition) is 1. The second-order valence-corrected chi connectivity index (χ2v) is 5.47. The van der Waals surface area contributed by atoms with Crippen molar-refractivity contribution in [2.75, 3.05) is 0 Å². The minimum absolute atomic E-state index is 0.215. The van der Waals surface area contributed by atoms with Crippen molar-refractivity contribution in [2.45, 2.75) is 25.8 Å². The molecule has 0 aliphatic carbocycles. The molecule has 0 bridgehead atoms. The molecule has 2 N–H and O–H groups in total. The van der Waals surface area contributed by atoms with E-state index in [1.54, 1.807) is 0 Å². The monoisotopic (exact) mass is 236 g/mol. The quantitative estimate of drug-likeness (QED) is 0.854. The van der Waals surface area contributed by atoms with Gasteiger partial charge in [-0.2, -0.15) is 0 Å². The van der Waals surface area contributed by atoms with Crippen LogP contribution in [0.4, 0.5) is 0 Å². The van der Waals surface area contributed by atoms with Gasteiger partial charge in [0.05, 0.1) is 5.02 Å². The van der Waals surface area contributed by atoms with Gasteiger partial charge in [0.25, 0.3) is 0 Å². The minimum atomic E-state index is -0.215. The maximum atomic E-state index is 6.25. The van der Waals surface area contributed by atoms with E-state index in [0.29, 0.717) is 0 Å². The summed E-state index contributed by atoms with van der Waals surface area (Å²) >= 11 is 6.25. The van der Waals surface area contributed by atoms with Crippen molar-refractivity contribution in [3.05, 3.63) is 35.0 Å². The first-order chi connectivity index (χ1) is 7.38. The summed E-state index contributed by atoms with van der Waals surface area (Å²) in [5.41, 5.74) is 8.23. The third kappa shape index (κ3) is 2.08. The summed E-state index contributed by atoms with van der Waals surface area (Å²) in [5.74, 6) is 0. The number of aryl methyl sites for hydroxylation is 1. The lowest BCUT2D eigenvalue weighted by atomic mass is 9.94. The zero-order valence-corrected chi connectivity index (χ0v) is 10.7. The molecular formula is C13H17ClN2. The highest BCUT2D eigenvalue weighted by Crippen LogP contribution is 2.30. The molecule has 0 spiro atoms. The second kappa shape index (κ2) is 3.79. The Labute approximate surface area is 101 Å². The van der Waals surface area contributed by atoms with Crippen molar-refractivity contribution in [1.29, 1.82) is 0 Å². The molecule has 2 rings (SSSR count). The van der Waals surface area contributed by atoms with Crippen LogP contribution < -0.4 is 5.73 Å². The van der Waals surface area contributed by atoms with Crippen molar-refractivity contribution >= 4 is 22.5 Å². The maximum absolute atomic E-state index is 6.25. The smallest absolute Gasteiger partial charge is 0.0664 e. The summed E-state index contributed by atoms with van der Waals surface area (Å²) in [6.45, 7) is 4.06. The Bertz CT molecular complexity index is 520. The lowest BCUT2D eigenvalue weighted by molar-refractivity contribution is 0.518. The molecular weight excluding hydrogens is 220 g/mol. The summed E-state index contributed by atoms with van der Waals surface area (Å²) in [6.07, 6.45) is 2.77. The number of halogens is 1. The Balaban J connectivity index is 2.62. The molecule has 0 aliphatic rings. The predicted octanol–water partition coefficient (Wildman–Crippen LogP) is 3.11. The van der Waals surface area contributed by atoms with Gasteiger partial charge in [-0.05, 0) is 31.9 Å². The summed E-state index contributed by atoms with van der Waals surface area (Å²) in [5, 5.41) is 1.93. The zero-order valence-electron chi connectivity index (χ0n) is 9.92. The third-order valence-electron chi connectivity index (χ3n) is 2.70. The van der Waals surface area contributed by atoms with E-state index < -0.39 is 0 Å². The highest BCUT2D eigenvalue weighted by atomic mass is 35.5. The fraction of sp³-hybridized carbons (Fsp3) is 0.385. The number of nitrogens with two attached hydrogens (primary N) is 1. The van der Waals surface area contributed by atoms with Gasteiger partial charge in [0.1, 0.15) is 0 Å². The van der Waals surface area contributed by atoms with Crippen LogP contribution >= 0.6 is 11.6 Å². The molecule has 16 heavy (non-hydrogen) atoms. The molecule has 1 heterocycles. The molecule has 1 aromatic heterocycles. The van der Waals surface area contributed by atoms with Gasteiger partial charge in [0, 0.05) is 29.7 Å². The van der Waals surface area contributed by atoms with E-state index in [9.17, 15) is 0 Å². The van der Waals surface area contributed by atoms with Gasteiger partial charge >= 0.3 is 0 Å². The van der Waals surface area contributed by atoms with Gasteiger partial charge in [0.15, 0.2) is 0 Å². The predicted molar refractivity (Wildman–Crippen MR) is 69.9 cm³/mol. The van der Waals surface area contributed by atoms with Crippen LogP contribution in [0.25, 0.3) is 10.9 Å². The van der Waals surface area contributed by atoms with Crippen molar-refractivity contribution < 1.29 is 0 Å². The number of aromatic nitrogens is 1. The Hall–Kier alpha value is -0.990. The summed E-state index contributed by atoms with van der Waals surface area (Å²) < 4.78 is 2.05. The highest BCUT2D eigenvalue weighted by Gasteiger charge is 2.16. The number of benzene rings is 1. The van der Waals surface area contributed by atoms with E-state index in [-0.39, 0.29) is 5.54 Å². The number of nitrogens with zero attached hydrogens (tertiary/aromatic N) is 1. The molecule has 0 radical (unpaired) electrons. The Morgan fingerprint density at radius 2 is 2.06 bits per heavy atom. The van der Waals surface area contributed by atoms with E-state index in [2.05, 4.69) is 18.2 Å². The standard InChI is InChI=1S/C13H17ClN2/c1-13(2,15)7-9-5-4-6-11-12(9)10(14)8-16(11)3/h4-6,8H,7,15H2,1-3H3. The largest absolute Gasteiger partial charge is 0.349 e. The molecule has 0 unspecified atom stereocenters. The van der Waals surface area contributed by atoms with Crippen LogP contribution in [0.3, 0.4) is 0 Å². The first kappa shape index (κ1) is 11.5. The molecule has 0 saturated carbocycles. The highest BCUT2D eigenvalue weighted by molar-refractivity contribution is 6.35. The van der Waals surface area contributed by atoms with Crippen molar-refractivity contribution in [1.82, 2.24) is 4.57 Å². The average molecular weight is 237 g/mol. The minimum Gasteiger partial charge on any atom is -0.349 e. The van der Waals surface area contributed by atoms with Crippen LogP contribution in [0.15, 0.2) is 24.4 Å². The lowest BCUT2D eigenvalue weighted by Gasteiger charge is -2.19. The Morgan fingerprint density at radius 3 is 2.69 bits per heavy atom. The van der Waals surface area contributed by atoms with Gasteiger partial charge in [-0.25, -0.2) is 0 Å². The Kier molecular flexibility index (Phi) is 2.72. The van der Waals surface area contributed by atoms with E-state index in [0.717, 1.165) is 22.3 Å². The summed E-state index contributed by atoms with van der Waals surface area (Å²) in [4.78, 5) is 0. The van der Waals surface area contributed by atoms with Crippen LogP contribution in [0.2, 0.25) is 5.02 Å². The molecule has 0 amide bonds. The lowest BCUT2D eigenvalue weighted by Crippen LogP contribution is -2.34. The van der Waals surface area contributed by atoms with Gasteiger partial charge in [-0.15, -0.1) is 0 Å². The molecule has 0 fully saturated rings. The SMILES string of the molecule is Cn1cc(Cl)c2c(CC(C)(C)N)cccc21. The van der Waals surface area contributed by atoms with E-state index in [4.69, 9.17) is 17.3 Å². The average Bonchev–Trinajstić information content (AvgIpc) is 2.41. The van der Waals surface area contributed by atoms with E-state index in [1.807, 2.05) is 31.7 Å². The van der Waals surface area contributed by atoms with Gasteiger partial charge in [-0.3, -0.25) is 0 Å². The molecule has 3 heteroatoms. The summed E-state index contributed by atoms with van der Waals surface area (Å²) in [6, 6.07) is 6.23. The molecule has 1 aromatic carbocycles. The van der Waals surface area contributed by atoms with Crippen LogP contribution in [0, 0.1) is 0 Å². The first-order valence-corrected chi connectivity index (χ1v) is 5.77. The van der Waals surface area contributed by atoms with E-state index >= 15 is 0 Å². The zero-order chi connectivity index (χ0) is 11.9. The normalized spacial score (nSPS) is 12.3. The van der Waals surface area contributed by atoms with Crippen molar-refractivity contribution in [2.24, 2.45) is 12.8 Å². The van der Waals surface area contributed by atoms with Crippen molar-refractivity contribution in [3.63, 3.8) is 0 Å². The van der Waals surface area contributed by atoms with Crippen LogP contribution in [0.5, 0.6) is 0 Å². The van der Waals surface area contributed by atoms with Gasteiger partial charge in [-0.1, -0.05) is 23.7 Å². The molecule has 0 aliphatic heterocycles. The fourth-order valence-corrected chi connectivity index (χ4v) is 2.46. The Morgan fingerprint density at radius 1 is 1.38 bits per heavy atom. The fourth-order valence-electron chi connectivity index (χ4n) is 2.10. The van der Waals surface area contributed by atoms with Gasteiger partial charge < -0.3 is 10.3 Å². The van der Waals surface area contributed by atoms with Crippen LogP contribution in [-0.4, -0.2) is 10.1 Å². The van der Waals surface area contributed by atoms with E-state index in [1.165, 1.54) is 5.56 Å². The molecule has 0 atom stereocenters. The molecule has 0 saturated heterocycles. The number of rotatable bonds is 2. The third-order valence-corrected chi connectivity index (χ3v) is 2.99. The molecule has 2 aromatic rings. The van der Waals surface area contributed by atoms with Crippen LogP contribution in [-0.2, 0) is 13.5 Å². The van der Waals surface area contributed by atoms with Gasteiger partial charge in [0.2, 0.25) is 0 Å². The second-order valence-electron chi connectivity index (χ2n) is 5.06. The first-order valence-electron chi connectivity index (χ1n) is 5.40. The molecule has 2 nitrogen and oxygen atoms in total. The molecule has 86 valence electrons. The summed E-state index contributed by atoms with van der Waals surface area (Å²) in [7, 11) is 2.01. The number of hydrogen-bond acceptors (Lipinski definition) is 1.